The number of thiazole rings is 1. The molecule has 0 radical (unpaired) electrons. The summed E-state index contributed by atoms with van der Waals surface area (Å²) in [4.78, 5) is 13.4. The van der Waals surface area contributed by atoms with Gasteiger partial charge >= 0.3 is 0 Å². The molecule has 0 saturated carbocycles. The number of hydrogen-bond acceptors (Lipinski definition) is 6. The van der Waals surface area contributed by atoms with Crippen LogP contribution in [0.15, 0.2) is 11.6 Å². The van der Waals surface area contributed by atoms with Crippen LogP contribution in [0.1, 0.15) is 16.3 Å². The van der Waals surface area contributed by atoms with Crippen molar-refractivity contribution in [1.82, 2.24) is 15.0 Å². The highest BCUT2D eigenvalue weighted by atomic mass is 32.1. The van der Waals surface area contributed by atoms with Gasteiger partial charge in [0, 0.05) is 23.1 Å². The van der Waals surface area contributed by atoms with Gasteiger partial charge in [0.25, 0.3) is 0 Å². The lowest BCUT2D eigenvalue weighted by molar-refractivity contribution is 0.310. The Morgan fingerprint density at radius 3 is 2.82 bits per heavy atom. The van der Waals surface area contributed by atoms with Gasteiger partial charge < -0.3 is 10.5 Å². The van der Waals surface area contributed by atoms with E-state index in [0.29, 0.717) is 12.5 Å². The molecule has 0 aromatic carbocycles. The highest BCUT2D eigenvalue weighted by molar-refractivity contribution is 7.09. The molecule has 0 saturated heterocycles. The summed E-state index contributed by atoms with van der Waals surface area (Å²) < 4.78 is 5.54. The first-order valence-electron chi connectivity index (χ1n) is 5.28. The minimum absolute atomic E-state index is 0.244. The first-order chi connectivity index (χ1) is 8.15. The van der Waals surface area contributed by atoms with Crippen molar-refractivity contribution < 1.29 is 4.74 Å². The van der Waals surface area contributed by atoms with Crippen LogP contribution in [0.5, 0.6) is 5.88 Å². The second-order valence-corrected chi connectivity index (χ2v) is 4.60. The number of rotatable bonds is 4. The Bertz CT molecular complexity index is 492. The standard InChI is InChI=1S/C11H14N4OS/c1-7-5-10(15-11(12)14-7)16-4-3-9-8(2)13-6-17-9/h5-6H,3-4H2,1-2H3,(H2,12,14,15). The molecule has 2 heterocycles. The van der Waals surface area contributed by atoms with Crippen molar-refractivity contribution in [3.05, 3.63) is 27.8 Å². The van der Waals surface area contributed by atoms with Gasteiger partial charge in [0.1, 0.15) is 0 Å². The van der Waals surface area contributed by atoms with Crippen LogP contribution in [-0.4, -0.2) is 21.6 Å². The van der Waals surface area contributed by atoms with E-state index in [1.807, 2.05) is 19.4 Å². The summed E-state index contributed by atoms with van der Waals surface area (Å²) in [5.74, 6) is 0.770. The molecule has 5 nitrogen and oxygen atoms in total. The number of nitrogen functional groups attached to an aromatic ring is 1. The second kappa shape index (κ2) is 5.09. The molecule has 0 amide bonds. The summed E-state index contributed by atoms with van der Waals surface area (Å²) in [6, 6.07) is 1.77. The Hall–Kier alpha value is -1.69. The SMILES string of the molecule is Cc1cc(OCCc2scnc2C)nc(N)n1. The van der Waals surface area contributed by atoms with E-state index in [-0.39, 0.29) is 5.95 Å². The Morgan fingerprint density at radius 1 is 1.35 bits per heavy atom. The first kappa shape index (κ1) is 11.8. The summed E-state index contributed by atoms with van der Waals surface area (Å²) >= 11 is 1.64. The van der Waals surface area contributed by atoms with Crippen molar-refractivity contribution in [3.63, 3.8) is 0 Å². The van der Waals surface area contributed by atoms with Gasteiger partial charge in [0.05, 0.1) is 17.8 Å². The molecular formula is C11H14N4OS. The lowest BCUT2D eigenvalue weighted by atomic mass is 10.3. The molecule has 0 atom stereocenters. The molecule has 2 rings (SSSR count). The number of nitrogens with two attached hydrogens (primary N) is 1. The Kier molecular flexibility index (Phi) is 3.53. The smallest absolute Gasteiger partial charge is 0.223 e. The fourth-order valence-corrected chi connectivity index (χ4v) is 2.21. The van der Waals surface area contributed by atoms with Gasteiger partial charge in [0.2, 0.25) is 11.8 Å². The van der Waals surface area contributed by atoms with Crippen LogP contribution in [0.25, 0.3) is 0 Å². The maximum atomic E-state index is 5.54. The number of hydrogen-bond donors (Lipinski definition) is 1. The highest BCUT2D eigenvalue weighted by Gasteiger charge is 2.03. The average molecular weight is 250 g/mol. The molecule has 0 spiro atoms. The van der Waals surface area contributed by atoms with Gasteiger partial charge in [-0.05, 0) is 13.8 Å². The van der Waals surface area contributed by atoms with Crippen LogP contribution in [-0.2, 0) is 6.42 Å². The number of aryl methyl sites for hydroxylation is 2. The van der Waals surface area contributed by atoms with Crippen molar-refractivity contribution in [2.45, 2.75) is 20.3 Å². The minimum atomic E-state index is 0.244. The molecule has 0 unspecified atom stereocenters. The van der Waals surface area contributed by atoms with Crippen LogP contribution in [0.4, 0.5) is 5.95 Å². The van der Waals surface area contributed by atoms with Crippen LogP contribution in [0.2, 0.25) is 0 Å². The van der Waals surface area contributed by atoms with E-state index in [4.69, 9.17) is 10.5 Å². The van der Waals surface area contributed by atoms with Gasteiger partial charge in [-0.25, -0.2) is 9.97 Å². The van der Waals surface area contributed by atoms with Crippen molar-refractivity contribution in [2.24, 2.45) is 0 Å². The predicted octanol–water partition coefficient (Wildman–Crippen LogP) is 1.75. The van der Waals surface area contributed by atoms with Gasteiger partial charge in [0.15, 0.2) is 0 Å². The normalized spacial score (nSPS) is 10.5. The molecule has 0 aliphatic heterocycles. The fraction of sp³-hybridized carbons (Fsp3) is 0.364. The lowest BCUT2D eigenvalue weighted by Crippen LogP contribution is -2.05. The van der Waals surface area contributed by atoms with Gasteiger partial charge in [-0.3, -0.25) is 0 Å². The third-order valence-corrected chi connectivity index (χ3v) is 3.27. The Balaban J connectivity index is 1.92. The summed E-state index contributed by atoms with van der Waals surface area (Å²) in [7, 11) is 0. The molecule has 6 heteroatoms. The molecule has 17 heavy (non-hydrogen) atoms. The van der Waals surface area contributed by atoms with E-state index in [2.05, 4.69) is 15.0 Å². The average Bonchev–Trinajstić information content (AvgIpc) is 2.63. The quantitative estimate of drug-likeness (QED) is 0.895. The molecule has 0 aliphatic carbocycles. The third-order valence-electron chi connectivity index (χ3n) is 2.27. The summed E-state index contributed by atoms with van der Waals surface area (Å²) in [6.45, 7) is 4.43. The molecule has 2 N–H and O–H groups in total. The Labute approximate surface area is 104 Å². The molecule has 0 bridgehead atoms. The molecule has 2 aromatic rings. The molecular weight excluding hydrogens is 236 g/mol. The van der Waals surface area contributed by atoms with E-state index in [1.165, 1.54) is 4.88 Å². The zero-order valence-corrected chi connectivity index (χ0v) is 10.6. The maximum absolute atomic E-state index is 5.54. The van der Waals surface area contributed by atoms with E-state index >= 15 is 0 Å². The highest BCUT2D eigenvalue weighted by Crippen LogP contribution is 2.14. The van der Waals surface area contributed by atoms with E-state index in [1.54, 1.807) is 17.4 Å². The molecule has 90 valence electrons. The third kappa shape index (κ3) is 3.13. The largest absolute Gasteiger partial charge is 0.477 e. The van der Waals surface area contributed by atoms with E-state index < -0.39 is 0 Å². The number of nitrogens with zero attached hydrogens (tertiary/aromatic N) is 3. The van der Waals surface area contributed by atoms with Gasteiger partial charge in [-0.1, -0.05) is 0 Å². The summed E-state index contributed by atoms with van der Waals surface area (Å²) in [5.41, 5.74) is 9.26. The zero-order valence-electron chi connectivity index (χ0n) is 9.80. The number of ether oxygens (including phenoxy) is 1. The van der Waals surface area contributed by atoms with Crippen LogP contribution < -0.4 is 10.5 Å². The Morgan fingerprint density at radius 2 is 2.18 bits per heavy atom. The maximum Gasteiger partial charge on any atom is 0.223 e. The lowest BCUT2D eigenvalue weighted by Gasteiger charge is -2.05. The van der Waals surface area contributed by atoms with Crippen LogP contribution in [0, 0.1) is 13.8 Å². The molecule has 0 fully saturated rings. The van der Waals surface area contributed by atoms with Gasteiger partial charge in [-0.2, -0.15) is 4.98 Å². The number of anilines is 1. The van der Waals surface area contributed by atoms with Crippen molar-refractivity contribution in [2.75, 3.05) is 12.3 Å². The summed E-state index contributed by atoms with van der Waals surface area (Å²) in [6.07, 6.45) is 0.833. The van der Waals surface area contributed by atoms with Crippen LogP contribution >= 0.6 is 11.3 Å². The topological polar surface area (TPSA) is 73.9 Å². The first-order valence-corrected chi connectivity index (χ1v) is 6.16. The van der Waals surface area contributed by atoms with Crippen molar-refractivity contribution in [1.29, 1.82) is 0 Å². The predicted molar refractivity (Wildman–Crippen MR) is 67.2 cm³/mol. The van der Waals surface area contributed by atoms with E-state index in [0.717, 1.165) is 17.8 Å². The fourth-order valence-electron chi connectivity index (χ4n) is 1.45. The monoisotopic (exact) mass is 250 g/mol. The van der Waals surface area contributed by atoms with Gasteiger partial charge in [-0.15, -0.1) is 11.3 Å². The van der Waals surface area contributed by atoms with Crippen molar-refractivity contribution in [3.8, 4) is 5.88 Å². The van der Waals surface area contributed by atoms with Crippen LogP contribution in [0.3, 0.4) is 0 Å². The van der Waals surface area contributed by atoms with Crippen molar-refractivity contribution >= 4 is 17.3 Å². The summed E-state index contributed by atoms with van der Waals surface area (Å²) in [5, 5.41) is 0. The molecule has 0 aliphatic rings. The molecule has 2 aromatic heterocycles. The van der Waals surface area contributed by atoms with E-state index in [9.17, 15) is 0 Å². The number of aromatic nitrogens is 3. The zero-order chi connectivity index (χ0) is 12.3. The second-order valence-electron chi connectivity index (χ2n) is 3.67. The minimum Gasteiger partial charge on any atom is -0.477 e.